The van der Waals surface area contributed by atoms with Gasteiger partial charge in [-0.25, -0.2) is 9.59 Å². The van der Waals surface area contributed by atoms with Gasteiger partial charge in [0.2, 0.25) is 0 Å². The lowest BCUT2D eigenvalue weighted by Crippen LogP contribution is -2.59. The number of carbonyl (C=O) groups excluding carboxylic acids is 2. The minimum Gasteiger partial charge on any atom is -0.422 e. The predicted molar refractivity (Wildman–Crippen MR) is 100 cm³/mol. The van der Waals surface area contributed by atoms with Crippen molar-refractivity contribution in [2.75, 3.05) is 17.3 Å². The summed E-state index contributed by atoms with van der Waals surface area (Å²) < 4.78 is 5.46. The molecular weight excluding hydrogens is 370 g/mol. The van der Waals surface area contributed by atoms with Crippen LogP contribution < -0.4 is 21.2 Å². The Morgan fingerprint density at radius 2 is 1.89 bits per heavy atom. The van der Waals surface area contributed by atoms with Crippen molar-refractivity contribution in [3.8, 4) is 0 Å². The average molecular weight is 382 g/mol. The highest BCUT2D eigenvalue weighted by Crippen LogP contribution is 2.48. The van der Waals surface area contributed by atoms with Gasteiger partial charge in [0.05, 0.1) is 5.69 Å². The van der Waals surface area contributed by atoms with E-state index in [9.17, 15) is 14.4 Å². The fourth-order valence-electron chi connectivity index (χ4n) is 3.94. The van der Waals surface area contributed by atoms with E-state index in [1.807, 2.05) is 0 Å². The second kappa shape index (κ2) is 5.11. The van der Waals surface area contributed by atoms with E-state index in [0.29, 0.717) is 27.2 Å². The summed E-state index contributed by atoms with van der Waals surface area (Å²) >= 11 is 6.16. The molecule has 3 heterocycles. The first-order valence-corrected chi connectivity index (χ1v) is 8.55. The Kier molecular flexibility index (Phi) is 3.01. The second-order valence-corrected chi connectivity index (χ2v) is 6.93. The predicted octanol–water partition coefficient (Wildman–Crippen LogP) is 2.80. The molecule has 0 saturated carbocycles. The maximum atomic E-state index is 13.3. The van der Waals surface area contributed by atoms with Crippen LogP contribution in [-0.4, -0.2) is 19.0 Å². The molecule has 1 aromatic heterocycles. The van der Waals surface area contributed by atoms with Gasteiger partial charge >= 0.3 is 11.7 Å². The number of urea groups is 1. The van der Waals surface area contributed by atoms with Crippen molar-refractivity contribution in [2.24, 2.45) is 0 Å². The highest BCUT2D eigenvalue weighted by atomic mass is 35.5. The van der Waals surface area contributed by atoms with Crippen molar-refractivity contribution in [1.82, 2.24) is 5.32 Å². The molecule has 0 aliphatic carbocycles. The third kappa shape index (κ3) is 1.89. The largest absolute Gasteiger partial charge is 0.422 e. The molecule has 1 unspecified atom stereocenters. The minimum atomic E-state index is -1.70. The third-order valence-corrected chi connectivity index (χ3v) is 5.31. The topological polar surface area (TPSA) is 91.7 Å². The maximum absolute atomic E-state index is 13.3. The Labute approximate surface area is 157 Å². The summed E-state index contributed by atoms with van der Waals surface area (Å²) in [6.07, 6.45) is 0. The van der Waals surface area contributed by atoms with Gasteiger partial charge in [0.1, 0.15) is 11.1 Å². The molecule has 8 heteroatoms. The van der Waals surface area contributed by atoms with E-state index in [1.165, 1.54) is 4.90 Å². The number of likely N-dealkylation sites (N-methyl/N-ethyl adjacent to an activating group) is 1. The molecule has 0 saturated heterocycles. The lowest BCUT2D eigenvalue weighted by atomic mass is 9.82. The molecule has 0 radical (unpaired) electrons. The Hall–Kier alpha value is -3.32. The molecule has 3 amide bonds. The van der Waals surface area contributed by atoms with Gasteiger partial charge in [0.15, 0.2) is 5.54 Å². The Morgan fingerprint density at radius 3 is 2.70 bits per heavy atom. The van der Waals surface area contributed by atoms with Crippen LogP contribution in [0.3, 0.4) is 0 Å². The molecule has 5 rings (SSSR count). The Morgan fingerprint density at radius 1 is 1.11 bits per heavy atom. The highest BCUT2D eigenvalue weighted by Gasteiger charge is 2.57. The van der Waals surface area contributed by atoms with Crippen LogP contribution >= 0.6 is 11.6 Å². The standard InChI is InChI=1S/C19H12ClN3O4/c1-23-12-7-6-9(20)8-11(12)19(17(23)25)14-15(21-18(26)22-19)10-4-2-3-5-13(10)27-16(14)24/h2-8H,1H3,(H2,21,22,26). The fraction of sp³-hybridized carbons (Fsp3) is 0.105. The molecule has 7 nitrogen and oxygen atoms in total. The first-order chi connectivity index (χ1) is 12.9. The van der Waals surface area contributed by atoms with Gasteiger partial charge in [-0.2, -0.15) is 0 Å². The van der Waals surface area contributed by atoms with E-state index in [-0.39, 0.29) is 11.3 Å². The average Bonchev–Trinajstić information content (AvgIpc) is 2.83. The quantitative estimate of drug-likeness (QED) is 0.586. The zero-order valence-electron chi connectivity index (χ0n) is 14.0. The number of nitrogens with one attached hydrogen (secondary N) is 2. The minimum absolute atomic E-state index is 0.0404. The number of nitrogens with zero attached hydrogens (tertiary/aromatic N) is 1. The number of halogens is 1. The number of anilines is 2. The molecule has 0 fully saturated rings. The van der Waals surface area contributed by atoms with Crippen LogP contribution in [0.1, 0.15) is 11.1 Å². The summed E-state index contributed by atoms with van der Waals surface area (Å²) in [4.78, 5) is 40.2. The van der Waals surface area contributed by atoms with E-state index in [0.717, 1.165) is 0 Å². The van der Waals surface area contributed by atoms with Gasteiger partial charge < -0.3 is 20.0 Å². The van der Waals surface area contributed by atoms with Crippen LogP contribution in [-0.2, 0) is 10.3 Å². The summed E-state index contributed by atoms with van der Waals surface area (Å²) in [7, 11) is 1.58. The highest BCUT2D eigenvalue weighted by molar-refractivity contribution is 6.31. The maximum Gasteiger partial charge on any atom is 0.344 e. The number of hydrogen-bond acceptors (Lipinski definition) is 4. The van der Waals surface area contributed by atoms with Gasteiger partial charge in [-0.1, -0.05) is 23.7 Å². The third-order valence-electron chi connectivity index (χ3n) is 5.08. The van der Waals surface area contributed by atoms with E-state index >= 15 is 0 Å². The SMILES string of the molecule is CN1C(=O)C2(NC(=O)Nc3c2c(=O)oc2ccccc32)c2cc(Cl)ccc21. The van der Waals surface area contributed by atoms with Crippen LogP contribution in [0.25, 0.3) is 11.0 Å². The number of carbonyl (C=O) groups is 2. The lowest BCUT2D eigenvalue weighted by Gasteiger charge is -2.34. The normalized spacial score (nSPS) is 20.4. The Bertz CT molecular complexity index is 1240. The molecule has 1 atom stereocenters. The van der Waals surface area contributed by atoms with Crippen molar-refractivity contribution in [3.05, 3.63) is 69.0 Å². The summed E-state index contributed by atoms with van der Waals surface area (Å²) in [5.41, 5.74) is -0.781. The summed E-state index contributed by atoms with van der Waals surface area (Å²) in [5, 5.41) is 6.24. The molecule has 0 bridgehead atoms. The molecule has 2 aromatic carbocycles. The van der Waals surface area contributed by atoms with Gasteiger partial charge in [-0.15, -0.1) is 0 Å². The van der Waals surface area contributed by atoms with E-state index in [2.05, 4.69) is 10.6 Å². The van der Waals surface area contributed by atoms with Crippen molar-refractivity contribution in [2.45, 2.75) is 5.54 Å². The van der Waals surface area contributed by atoms with Crippen molar-refractivity contribution in [1.29, 1.82) is 0 Å². The molecule has 27 heavy (non-hydrogen) atoms. The van der Waals surface area contributed by atoms with E-state index < -0.39 is 23.1 Å². The van der Waals surface area contributed by atoms with Gasteiger partial charge in [-0.05, 0) is 30.3 Å². The number of benzene rings is 2. The lowest BCUT2D eigenvalue weighted by molar-refractivity contribution is -0.122. The van der Waals surface area contributed by atoms with Crippen molar-refractivity contribution < 1.29 is 14.0 Å². The zero-order valence-corrected chi connectivity index (χ0v) is 14.8. The monoisotopic (exact) mass is 381 g/mol. The molecule has 134 valence electrons. The van der Waals surface area contributed by atoms with E-state index in [4.69, 9.17) is 16.0 Å². The molecule has 2 aliphatic rings. The van der Waals surface area contributed by atoms with Crippen molar-refractivity contribution >= 4 is 45.9 Å². The van der Waals surface area contributed by atoms with Gasteiger partial charge in [0.25, 0.3) is 5.91 Å². The molecular formula is C19H12ClN3O4. The number of fused-ring (bicyclic) bond motifs is 6. The summed E-state index contributed by atoms with van der Waals surface area (Å²) in [6.45, 7) is 0. The van der Waals surface area contributed by atoms with Crippen LogP contribution in [0.5, 0.6) is 0 Å². The van der Waals surface area contributed by atoms with Crippen molar-refractivity contribution in [3.63, 3.8) is 0 Å². The number of rotatable bonds is 0. The fourth-order valence-corrected chi connectivity index (χ4v) is 4.11. The number of amides is 3. The van der Waals surface area contributed by atoms with Crippen LogP contribution in [0, 0.1) is 0 Å². The first-order valence-electron chi connectivity index (χ1n) is 8.17. The molecule has 3 aromatic rings. The Balaban J connectivity index is 1.96. The molecule has 2 aliphatic heterocycles. The second-order valence-electron chi connectivity index (χ2n) is 6.49. The number of hydrogen-bond donors (Lipinski definition) is 2. The first kappa shape index (κ1) is 15.9. The van der Waals surface area contributed by atoms with Crippen LogP contribution in [0.2, 0.25) is 5.02 Å². The smallest absolute Gasteiger partial charge is 0.344 e. The van der Waals surface area contributed by atoms with Gasteiger partial charge in [0, 0.05) is 28.7 Å². The summed E-state index contributed by atoms with van der Waals surface area (Å²) in [6, 6.07) is 11.2. The zero-order chi connectivity index (χ0) is 18.9. The molecule has 2 N–H and O–H groups in total. The van der Waals surface area contributed by atoms with E-state index in [1.54, 1.807) is 49.5 Å². The summed E-state index contributed by atoms with van der Waals surface area (Å²) in [5.74, 6) is -0.460. The van der Waals surface area contributed by atoms with Gasteiger partial charge in [-0.3, -0.25) is 4.79 Å². The van der Waals surface area contributed by atoms with Crippen LogP contribution in [0.15, 0.2) is 51.7 Å². The van der Waals surface area contributed by atoms with Crippen LogP contribution in [0.4, 0.5) is 16.2 Å². The number of para-hydroxylation sites is 1. The molecule has 1 spiro atoms.